The van der Waals surface area contributed by atoms with Gasteiger partial charge in [0.15, 0.2) is 0 Å². The molecule has 3 nitrogen and oxygen atoms in total. The van der Waals surface area contributed by atoms with Gasteiger partial charge in [0, 0.05) is 17.8 Å². The zero-order chi connectivity index (χ0) is 12.1. The molecule has 0 saturated carbocycles. The van der Waals surface area contributed by atoms with E-state index in [0.29, 0.717) is 17.8 Å². The first-order valence-electron chi connectivity index (χ1n) is 5.35. The molecule has 0 aliphatic rings. The number of rotatable bonds is 4. The summed E-state index contributed by atoms with van der Waals surface area (Å²) in [6.45, 7) is 5.88. The summed E-state index contributed by atoms with van der Waals surface area (Å²) in [6.07, 6.45) is 0. The second-order valence-electron chi connectivity index (χ2n) is 3.67. The fourth-order valence-corrected chi connectivity index (χ4v) is 1.39. The van der Waals surface area contributed by atoms with E-state index in [1.54, 1.807) is 26.0 Å². The maximum atomic E-state index is 13.2. The molecule has 0 bridgehead atoms. The first-order chi connectivity index (χ1) is 7.56. The van der Waals surface area contributed by atoms with Crippen LogP contribution < -0.4 is 10.6 Å². The molecule has 0 spiro atoms. The molecule has 4 heteroatoms. The predicted molar refractivity (Wildman–Crippen MR) is 62.9 cm³/mol. The molecule has 0 aliphatic carbocycles. The lowest BCUT2D eigenvalue weighted by Gasteiger charge is -2.16. The second kappa shape index (κ2) is 5.49. The van der Waals surface area contributed by atoms with Crippen molar-refractivity contribution in [3.05, 3.63) is 29.6 Å². The van der Waals surface area contributed by atoms with E-state index < -0.39 is 0 Å². The standard InChI is InChI=1S/C12H17FN2O/c1-4-14-12(16)9(3)15-11-7-5-6-10(13)8(11)2/h5-7,9,15H,4H2,1-3H3,(H,14,16). The van der Waals surface area contributed by atoms with E-state index in [1.807, 2.05) is 6.92 Å². The molecular weight excluding hydrogens is 207 g/mol. The van der Waals surface area contributed by atoms with Crippen molar-refractivity contribution >= 4 is 11.6 Å². The molecule has 1 rings (SSSR count). The van der Waals surface area contributed by atoms with Gasteiger partial charge in [0.2, 0.25) is 5.91 Å². The predicted octanol–water partition coefficient (Wildman–Crippen LogP) is 2.07. The third-order valence-electron chi connectivity index (χ3n) is 2.38. The summed E-state index contributed by atoms with van der Waals surface area (Å²) in [5.74, 6) is -0.362. The Kier molecular flexibility index (Phi) is 4.28. The molecule has 1 atom stereocenters. The summed E-state index contributed by atoms with van der Waals surface area (Å²) in [6, 6.07) is 4.40. The van der Waals surface area contributed by atoms with Crippen LogP contribution in [0.1, 0.15) is 19.4 Å². The van der Waals surface area contributed by atoms with Crippen LogP contribution in [-0.2, 0) is 4.79 Å². The van der Waals surface area contributed by atoms with Crippen LogP contribution in [0.5, 0.6) is 0 Å². The number of likely N-dealkylation sites (N-methyl/N-ethyl adjacent to an activating group) is 1. The summed E-state index contributed by atoms with van der Waals surface area (Å²) < 4.78 is 13.2. The van der Waals surface area contributed by atoms with Gasteiger partial charge in [-0.05, 0) is 32.9 Å². The van der Waals surface area contributed by atoms with Crippen molar-refractivity contribution in [2.75, 3.05) is 11.9 Å². The number of hydrogen-bond donors (Lipinski definition) is 2. The first kappa shape index (κ1) is 12.5. The second-order valence-corrected chi connectivity index (χ2v) is 3.67. The van der Waals surface area contributed by atoms with Crippen LogP contribution in [-0.4, -0.2) is 18.5 Å². The fraction of sp³-hybridized carbons (Fsp3) is 0.417. The van der Waals surface area contributed by atoms with E-state index in [2.05, 4.69) is 10.6 Å². The highest BCUT2D eigenvalue weighted by Gasteiger charge is 2.13. The lowest BCUT2D eigenvalue weighted by atomic mass is 10.1. The Bertz CT molecular complexity index is 379. The highest BCUT2D eigenvalue weighted by atomic mass is 19.1. The Balaban J connectivity index is 2.73. The molecular formula is C12H17FN2O. The lowest BCUT2D eigenvalue weighted by Crippen LogP contribution is -2.37. The number of amides is 1. The number of carbonyl (C=O) groups is 1. The van der Waals surface area contributed by atoms with Crippen molar-refractivity contribution in [2.45, 2.75) is 26.8 Å². The highest BCUT2D eigenvalue weighted by molar-refractivity contribution is 5.84. The van der Waals surface area contributed by atoms with E-state index in [4.69, 9.17) is 0 Å². The van der Waals surface area contributed by atoms with E-state index in [1.165, 1.54) is 6.07 Å². The third-order valence-corrected chi connectivity index (χ3v) is 2.38. The van der Waals surface area contributed by atoms with Crippen LogP contribution in [0.2, 0.25) is 0 Å². The van der Waals surface area contributed by atoms with Crippen LogP contribution in [0.15, 0.2) is 18.2 Å². The molecule has 0 heterocycles. The van der Waals surface area contributed by atoms with Gasteiger partial charge >= 0.3 is 0 Å². The van der Waals surface area contributed by atoms with Gasteiger partial charge in [0.05, 0.1) is 0 Å². The number of benzene rings is 1. The molecule has 0 aromatic heterocycles. The van der Waals surface area contributed by atoms with Crippen molar-refractivity contribution in [1.29, 1.82) is 0 Å². The lowest BCUT2D eigenvalue weighted by molar-refractivity contribution is -0.121. The molecule has 0 aliphatic heterocycles. The number of anilines is 1. The largest absolute Gasteiger partial charge is 0.374 e. The fourth-order valence-electron chi connectivity index (χ4n) is 1.39. The van der Waals surface area contributed by atoms with Crippen molar-refractivity contribution in [3.8, 4) is 0 Å². The Hall–Kier alpha value is -1.58. The van der Waals surface area contributed by atoms with Gasteiger partial charge in [-0.15, -0.1) is 0 Å². The molecule has 2 N–H and O–H groups in total. The van der Waals surface area contributed by atoms with E-state index >= 15 is 0 Å². The van der Waals surface area contributed by atoms with Crippen LogP contribution >= 0.6 is 0 Å². The minimum Gasteiger partial charge on any atom is -0.374 e. The van der Waals surface area contributed by atoms with Gasteiger partial charge in [-0.1, -0.05) is 6.07 Å². The summed E-state index contributed by atoms with van der Waals surface area (Å²) in [5.41, 5.74) is 1.18. The first-order valence-corrected chi connectivity index (χ1v) is 5.35. The molecule has 1 amide bonds. The Morgan fingerprint density at radius 1 is 1.50 bits per heavy atom. The van der Waals surface area contributed by atoms with Gasteiger partial charge < -0.3 is 10.6 Å². The van der Waals surface area contributed by atoms with Crippen LogP contribution in [0.25, 0.3) is 0 Å². The third kappa shape index (κ3) is 2.95. The normalized spacial score (nSPS) is 12.0. The molecule has 0 fully saturated rings. The molecule has 1 aromatic rings. The summed E-state index contributed by atoms with van der Waals surface area (Å²) in [7, 11) is 0. The van der Waals surface area contributed by atoms with Crippen LogP contribution in [0, 0.1) is 12.7 Å². The van der Waals surface area contributed by atoms with Crippen molar-refractivity contribution < 1.29 is 9.18 Å². The van der Waals surface area contributed by atoms with E-state index in [-0.39, 0.29) is 17.8 Å². The van der Waals surface area contributed by atoms with Crippen molar-refractivity contribution in [2.24, 2.45) is 0 Å². The number of halogens is 1. The van der Waals surface area contributed by atoms with E-state index in [9.17, 15) is 9.18 Å². The number of hydrogen-bond acceptors (Lipinski definition) is 2. The van der Waals surface area contributed by atoms with Crippen molar-refractivity contribution in [3.63, 3.8) is 0 Å². The van der Waals surface area contributed by atoms with Crippen LogP contribution in [0.4, 0.5) is 10.1 Å². The molecule has 88 valence electrons. The molecule has 1 aromatic carbocycles. The Morgan fingerprint density at radius 2 is 2.19 bits per heavy atom. The molecule has 1 unspecified atom stereocenters. The number of nitrogens with one attached hydrogen (secondary N) is 2. The van der Waals surface area contributed by atoms with Gasteiger partial charge in [0.25, 0.3) is 0 Å². The van der Waals surface area contributed by atoms with Gasteiger partial charge in [0.1, 0.15) is 11.9 Å². The summed E-state index contributed by atoms with van der Waals surface area (Å²) >= 11 is 0. The maximum Gasteiger partial charge on any atom is 0.242 e. The monoisotopic (exact) mass is 224 g/mol. The zero-order valence-corrected chi connectivity index (χ0v) is 9.80. The Labute approximate surface area is 95.0 Å². The van der Waals surface area contributed by atoms with Crippen LogP contribution in [0.3, 0.4) is 0 Å². The highest BCUT2D eigenvalue weighted by Crippen LogP contribution is 2.18. The topological polar surface area (TPSA) is 41.1 Å². The van der Waals surface area contributed by atoms with Gasteiger partial charge in [-0.3, -0.25) is 4.79 Å². The molecule has 0 saturated heterocycles. The Morgan fingerprint density at radius 3 is 2.81 bits per heavy atom. The van der Waals surface area contributed by atoms with Crippen molar-refractivity contribution in [1.82, 2.24) is 5.32 Å². The zero-order valence-electron chi connectivity index (χ0n) is 9.80. The maximum absolute atomic E-state index is 13.2. The van der Waals surface area contributed by atoms with Gasteiger partial charge in [-0.25, -0.2) is 4.39 Å². The van der Waals surface area contributed by atoms with Gasteiger partial charge in [-0.2, -0.15) is 0 Å². The number of carbonyl (C=O) groups excluding carboxylic acids is 1. The minimum atomic E-state index is -0.375. The summed E-state index contributed by atoms with van der Waals surface area (Å²) in [4.78, 5) is 11.5. The quantitative estimate of drug-likeness (QED) is 0.822. The summed E-state index contributed by atoms with van der Waals surface area (Å²) in [5, 5.41) is 5.69. The molecule has 0 radical (unpaired) electrons. The van der Waals surface area contributed by atoms with E-state index in [0.717, 1.165) is 0 Å². The average Bonchev–Trinajstić information content (AvgIpc) is 2.25. The smallest absolute Gasteiger partial charge is 0.242 e. The average molecular weight is 224 g/mol. The molecule has 16 heavy (non-hydrogen) atoms. The minimum absolute atomic E-state index is 0.0915. The SMILES string of the molecule is CCNC(=O)C(C)Nc1cccc(F)c1C.